The molecule has 1 spiro atoms. The minimum Gasteiger partial charge on any atom is -0.453 e. The quantitative estimate of drug-likeness (QED) is 0.158. The lowest BCUT2D eigenvalue weighted by Gasteiger charge is -2.30. The van der Waals surface area contributed by atoms with Gasteiger partial charge in [0, 0.05) is 36.6 Å². The second-order valence-corrected chi connectivity index (χ2v) is 15.7. The number of hydrogen-bond donors (Lipinski definition) is 3. The average molecular weight is 732 g/mol. The number of alkyl carbamates (subject to hydrolysis) is 1. The number of ketones is 1. The molecule has 2 aliphatic heterocycles. The molecule has 7 rings (SSSR count). The van der Waals surface area contributed by atoms with E-state index in [-0.39, 0.29) is 46.9 Å². The smallest absolute Gasteiger partial charge is 0.407 e. The van der Waals surface area contributed by atoms with Crippen LogP contribution in [0.1, 0.15) is 108 Å². The molecule has 282 valence electrons. The summed E-state index contributed by atoms with van der Waals surface area (Å²) in [5, 5.41) is 2.74. The van der Waals surface area contributed by atoms with Gasteiger partial charge in [-0.15, -0.1) is 0 Å². The van der Waals surface area contributed by atoms with Gasteiger partial charge in [0.1, 0.15) is 23.5 Å². The van der Waals surface area contributed by atoms with E-state index in [0.29, 0.717) is 25.9 Å². The van der Waals surface area contributed by atoms with E-state index in [4.69, 9.17) is 9.72 Å². The molecule has 3 fully saturated rings. The SMILES string of the molecule is COC(=O)N[C@H](C(=O)N1CC2(CC2)C[C@H]1c1nc2ccc(C#Cc3ccc(-c4cnc([C@@H]5CCCN5C(=O)[C@@H](C)CCC(C)=O)[nH]4)cc3)cc2[nH]1)C(C)C. The van der Waals surface area contributed by atoms with Crippen LogP contribution in [0.15, 0.2) is 48.7 Å². The molecule has 1 saturated carbocycles. The molecule has 12 nitrogen and oxygen atoms in total. The lowest BCUT2D eigenvalue weighted by molar-refractivity contribution is -0.137. The normalized spacial score (nSPS) is 19.8. The predicted octanol–water partition coefficient (Wildman–Crippen LogP) is 6.46. The minimum absolute atomic E-state index is 0.0804. The first-order chi connectivity index (χ1) is 25.9. The van der Waals surface area contributed by atoms with Gasteiger partial charge in [0.2, 0.25) is 11.8 Å². The number of amides is 3. The van der Waals surface area contributed by atoms with Crippen molar-refractivity contribution in [2.24, 2.45) is 17.3 Å². The molecule has 0 radical (unpaired) electrons. The number of imidazole rings is 2. The fraction of sp³-hybridized carbons (Fsp3) is 0.476. The number of hydrogen-bond acceptors (Lipinski definition) is 7. The number of nitrogens with one attached hydrogen (secondary N) is 3. The number of carbonyl (C=O) groups excluding carboxylic acids is 4. The number of rotatable bonds is 10. The van der Waals surface area contributed by atoms with E-state index >= 15 is 0 Å². The average Bonchev–Trinajstić information content (AvgIpc) is 3.65. The van der Waals surface area contributed by atoms with Crippen LogP contribution in [0.2, 0.25) is 0 Å². The molecule has 4 aromatic rings. The summed E-state index contributed by atoms with van der Waals surface area (Å²) in [6, 6.07) is 12.9. The molecule has 4 atom stereocenters. The summed E-state index contributed by atoms with van der Waals surface area (Å²) >= 11 is 0. The number of ether oxygens (including phenoxy) is 1. The van der Waals surface area contributed by atoms with E-state index in [2.05, 4.69) is 32.1 Å². The standard InChI is InChI=1S/C42H49N7O5/c1-25(2)36(47-41(53)54-5)40(52)49-24-42(18-19-42)22-35(49)38-44-31-17-14-29(21-32(31)45-38)11-10-28-12-15-30(16-13-28)33-23-43-37(46-33)34-7-6-20-48(34)39(51)26(3)8-9-27(4)50/h12-17,21,23,25-26,34-36H,6-9,18-20,22,24H2,1-5H3,(H,43,46)(H,44,45)(H,47,53)/t26-,34-,35-,36-/m0/s1. The highest BCUT2D eigenvalue weighted by Gasteiger charge is 2.55. The van der Waals surface area contributed by atoms with Gasteiger partial charge in [-0.3, -0.25) is 9.59 Å². The number of Topliss-reactive ketones (excluding diaryl/α,β-unsaturated/α-hetero) is 1. The summed E-state index contributed by atoms with van der Waals surface area (Å²) in [5.74, 6) is 7.85. The summed E-state index contributed by atoms with van der Waals surface area (Å²) in [6.45, 7) is 8.65. The third kappa shape index (κ3) is 7.77. The molecule has 12 heteroatoms. The fourth-order valence-electron chi connectivity index (χ4n) is 7.89. The van der Waals surface area contributed by atoms with Crippen molar-refractivity contribution in [3.05, 3.63) is 71.4 Å². The second-order valence-electron chi connectivity index (χ2n) is 15.7. The molecule has 3 amide bonds. The summed E-state index contributed by atoms with van der Waals surface area (Å²) < 4.78 is 4.80. The van der Waals surface area contributed by atoms with Crippen molar-refractivity contribution in [3.8, 4) is 23.1 Å². The van der Waals surface area contributed by atoms with E-state index in [1.807, 2.05) is 79.2 Å². The van der Waals surface area contributed by atoms with Crippen LogP contribution in [0.3, 0.4) is 0 Å². The van der Waals surface area contributed by atoms with Crippen LogP contribution in [0.25, 0.3) is 22.3 Å². The van der Waals surface area contributed by atoms with Gasteiger partial charge in [-0.1, -0.05) is 44.7 Å². The molecule has 2 aromatic carbocycles. The van der Waals surface area contributed by atoms with Gasteiger partial charge in [-0.25, -0.2) is 14.8 Å². The first-order valence-electron chi connectivity index (χ1n) is 19.1. The Morgan fingerprint density at radius 1 is 0.963 bits per heavy atom. The van der Waals surface area contributed by atoms with Crippen molar-refractivity contribution in [1.82, 2.24) is 35.1 Å². The van der Waals surface area contributed by atoms with Crippen molar-refractivity contribution < 1.29 is 23.9 Å². The van der Waals surface area contributed by atoms with Crippen LogP contribution in [-0.2, 0) is 19.1 Å². The zero-order valence-electron chi connectivity index (χ0n) is 31.7. The Morgan fingerprint density at radius 2 is 1.70 bits per heavy atom. The highest BCUT2D eigenvalue weighted by molar-refractivity contribution is 5.87. The van der Waals surface area contributed by atoms with Crippen LogP contribution in [0, 0.1) is 29.1 Å². The number of aromatic amines is 2. The van der Waals surface area contributed by atoms with E-state index < -0.39 is 12.1 Å². The van der Waals surface area contributed by atoms with Crippen LogP contribution in [0.4, 0.5) is 4.79 Å². The monoisotopic (exact) mass is 731 g/mol. The van der Waals surface area contributed by atoms with Gasteiger partial charge in [-0.2, -0.15) is 0 Å². The van der Waals surface area contributed by atoms with Crippen LogP contribution in [0.5, 0.6) is 0 Å². The number of aromatic nitrogens is 4. The first kappa shape index (κ1) is 36.9. The highest BCUT2D eigenvalue weighted by Crippen LogP contribution is 2.58. The van der Waals surface area contributed by atoms with Crippen LogP contribution < -0.4 is 5.32 Å². The van der Waals surface area contributed by atoms with Crippen molar-refractivity contribution in [1.29, 1.82) is 0 Å². The van der Waals surface area contributed by atoms with Crippen molar-refractivity contribution in [2.45, 2.75) is 90.8 Å². The number of likely N-dealkylation sites (tertiary alicyclic amines) is 2. The number of methoxy groups -OCH3 is 1. The maximum atomic E-state index is 13.8. The maximum Gasteiger partial charge on any atom is 0.407 e. The lowest BCUT2D eigenvalue weighted by Crippen LogP contribution is -2.51. The Kier molecular flexibility index (Phi) is 10.3. The van der Waals surface area contributed by atoms with Crippen LogP contribution >= 0.6 is 0 Å². The Balaban J connectivity index is 1.03. The van der Waals surface area contributed by atoms with E-state index in [0.717, 1.165) is 77.2 Å². The molecule has 3 N–H and O–H groups in total. The largest absolute Gasteiger partial charge is 0.453 e. The van der Waals surface area contributed by atoms with Gasteiger partial charge in [0.05, 0.1) is 42.1 Å². The molecule has 54 heavy (non-hydrogen) atoms. The Hall–Kier alpha value is -5.44. The Labute approximate surface area is 315 Å². The van der Waals surface area contributed by atoms with E-state index in [1.165, 1.54) is 7.11 Å². The van der Waals surface area contributed by atoms with E-state index in [1.54, 1.807) is 6.92 Å². The molecule has 3 aliphatic rings. The number of nitrogens with zero attached hydrogens (tertiary/aromatic N) is 4. The lowest BCUT2D eigenvalue weighted by atomic mass is 10.0. The summed E-state index contributed by atoms with van der Waals surface area (Å²) in [6.07, 6.45) is 6.96. The number of benzene rings is 2. The van der Waals surface area contributed by atoms with Gasteiger partial charge in [0.25, 0.3) is 0 Å². The first-order valence-corrected chi connectivity index (χ1v) is 19.1. The zero-order chi connectivity index (χ0) is 38.1. The van der Waals surface area contributed by atoms with E-state index in [9.17, 15) is 19.2 Å². The zero-order valence-corrected chi connectivity index (χ0v) is 31.7. The molecular formula is C42H49N7O5. The number of carbonyl (C=O) groups is 4. The van der Waals surface area contributed by atoms with Gasteiger partial charge in [-0.05, 0) is 92.7 Å². The van der Waals surface area contributed by atoms with Crippen LogP contribution in [-0.4, -0.2) is 79.7 Å². The summed E-state index contributed by atoms with van der Waals surface area (Å²) in [4.78, 5) is 70.9. The van der Waals surface area contributed by atoms with Gasteiger partial charge in [0.15, 0.2) is 0 Å². The summed E-state index contributed by atoms with van der Waals surface area (Å²) in [5.41, 5.74) is 5.34. The van der Waals surface area contributed by atoms with Gasteiger partial charge < -0.3 is 34.6 Å². The Bertz CT molecular complexity index is 2120. The molecule has 4 heterocycles. The van der Waals surface area contributed by atoms with Crippen molar-refractivity contribution >= 4 is 34.7 Å². The van der Waals surface area contributed by atoms with Crippen molar-refractivity contribution in [2.75, 3.05) is 20.2 Å². The molecule has 0 unspecified atom stereocenters. The van der Waals surface area contributed by atoms with Gasteiger partial charge >= 0.3 is 6.09 Å². The van der Waals surface area contributed by atoms with Crippen molar-refractivity contribution in [3.63, 3.8) is 0 Å². The highest BCUT2D eigenvalue weighted by atomic mass is 16.5. The third-order valence-electron chi connectivity index (χ3n) is 11.3. The molecule has 0 bridgehead atoms. The second kappa shape index (κ2) is 15.1. The Morgan fingerprint density at radius 3 is 2.41 bits per heavy atom. The number of fused-ring (bicyclic) bond motifs is 1. The molecule has 1 aliphatic carbocycles. The number of H-pyrrole nitrogens is 2. The predicted molar refractivity (Wildman–Crippen MR) is 204 cm³/mol. The topological polar surface area (TPSA) is 153 Å². The maximum absolute atomic E-state index is 13.8. The molecular weight excluding hydrogens is 683 g/mol. The summed E-state index contributed by atoms with van der Waals surface area (Å²) in [7, 11) is 1.30. The minimum atomic E-state index is -0.689. The third-order valence-corrected chi connectivity index (χ3v) is 11.3. The molecule has 2 saturated heterocycles. The molecule has 2 aromatic heterocycles. The fourth-order valence-corrected chi connectivity index (χ4v) is 7.89.